The van der Waals surface area contributed by atoms with Crippen molar-refractivity contribution in [3.63, 3.8) is 0 Å². The van der Waals surface area contributed by atoms with Gasteiger partial charge >= 0.3 is 0 Å². The van der Waals surface area contributed by atoms with Crippen LogP contribution in [0.5, 0.6) is 28.7 Å². The SMILES string of the molecule is COc1ccc(C2=C(c3ccc(O)c(O)c3)COc3c2ccc(OC)c3C)cc1. The Bertz CT molecular complexity index is 1100. The van der Waals surface area contributed by atoms with E-state index in [1.165, 1.54) is 6.07 Å². The monoisotopic (exact) mass is 390 g/mol. The molecule has 3 aromatic rings. The summed E-state index contributed by atoms with van der Waals surface area (Å²) in [5.41, 5.74) is 5.59. The predicted molar refractivity (Wildman–Crippen MR) is 112 cm³/mol. The van der Waals surface area contributed by atoms with Crippen LogP contribution in [0.1, 0.15) is 22.3 Å². The van der Waals surface area contributed by atoms with Gasteiger partial charge in [0.2, 0.25) is 0 Å². The highest BCUT2D eigenvalue weighted by molar-refractivity contribution is 6.02. The molecule has 0 saturated carbocycles. The molecule has 3 aromatic carbocycles. The Morgan fingerprint density at radius 2 is 1.55 bits per heavy atom. The summed E-state index contributed by atoms with van der Waals surface area (Å²) < 4.78 is 16.9. The van der Waals surface area contributed by atoms with Gasteiger partial charge in [-0.1, -0.05) is 18.2 Å². The van der Waals surface area contributed by atoms with Crippen molar-refractivity contribution < 1.29 is 24.4 Å². The molecule has 0 atom stereocenters. The van der Waals surface area contributed by atoms with Crippen LogP contribution >= 0.6 is 0 Å². The van der Waals surface area contributed by atoms with Crippen molar-refractivity contribution in [2.24, 2.45) is 0 Å². The van der Waals surface area contributed by atoms with E-state index >= 15 is 0 Å². The van der Waals surface area contributed by atoms with Crippen LogP contribution in [0, 0.1) is 6.92 Å². The average Bonchev–Trinajstić information content (AvgIpc) is 2.75. The summed E-state index contributed by atoms with van der Waals surface area (Å²) in [4.78, 5) is 0. The topological polar surface area (TPSA) is 68.2 Å². The second-order valence-corrected chi connectivity index (χ2v) is 6.84. The number of aromatic hydroxyl groups is 2. The van der Waals surface area contributed by atoms with Crippen molar-refractivity contribution >= 4 is 11.1 Å². The molecule has 0 unspecified atom stereocenters. The number of ether oxygens (including phenoxy) is 3. The zero-order valence-corrected chi connectivity index (χ0v) is 16.5. The van der Waals surface area contributed by atoms with E-state index in [1.807, 2.05) is 43.3 Å². The first kappa shape index (κ1) is 18.7. The van der Waals surface area contributed by atoms with E-state index in [1.54, 1.807) is 26.4 Å². The van der Waals surface area contributed by atoms with Gasteiger partial charge in [-0.05, 0) is 60.0 Å². The van der Waals surface area contributed by atoms with Crippen molar-refractivity contribution in [2.75, 3.05) is 20.8 Å². The molecule has 1 aliphatic rings. The molecule has 5 heteroatoms. The minimum Gasteiger partial charge on any atom is -0.504 e. The summed E-state index contributed by atoms with van der Waals surface area (Å²) >= 11 is 0. The van der Waals surface area contributed by atoms with Crippen LogP contribution in [0.4, 0.5) is 0 Å². The molecule has 0 saturated heterocycles. The molecule has 0 aromatic heterocycles. The third kappa shape index (κ3) is 3.25. The van der Waals surface area contributed by atoms with Crippen molar-refractivity contribution in [1.82, 2.24) is 0 Å². The number of hydrogen-bond donors (Lipinski definition) is 2. The molecule has 0 amide bonds. The van der Waals surface area contributed by atoms with Crippen LogP contribution in [-0.4, -0.2) is 31.0 Å². The molecule has 4 rings (SSSR count). The van der Waals surface area contributed by atoms with Crippen molar-refractivity contribution in [1.29, 1.82) is 0 Å². The number of phenolic OH excluding ortho intramolecular Hbond substituents is 2. The molecule has 2 N–H and O–H groups in total. The standard InChI is InChI=1S/C24H22O5/c1-14-22(28-3)11-9-18-23(15-4-7-17(27-2)8-5-15)19(13-29-24(14)18)16-6-10-20(25)21(26)12-16/h4-12,25-26H,13H2,1-3H3. The Hall–Kier alpha value is -3.60. The summed E-state index contributed by atoms with van der Waals surface area (Å²) in [5, 5.41) is 19.7. The molecule has 0 aliphatic carbocycles. The summed E-state index contributed by atoms with van der Waals surface area (Å²) in [6.07, 6.45) is 0. The maximum Gasteiger partial charge on any atom is 0.158 e. The zero-order valence-electron chi connectivity index (χ0n) is 16.5. The number of fused-ring (bicyclic) bond motifs is 1. The van der Waals surface area contributed by atoms with E-state index in [0.29, 0.717) is 6.61 Å². The van der Waals surface area contributed by atoms with E-state index in [0.717, 1.165) is 50.6 Å². The van der Waals surface area contributed by atoms with Gasteiger partial charge in [0.15, 0.2) is 11.5 Å². The van der Waals surface area contributed by atoms with Crippen molar-refractivity contribution in [3.8, 4) is 28.7 Å². The average molecular weight is 390 g/mol. The lowest BCUT2D eigenvalue weighted by Crippen LogP contribution is -2.13. The normalized spacial score (nSPS) is 12.9. The lowest BCUT2D eigenvalue weighted by molar-refractivity contribution is 0.354. The molecule has 1 aliphatic heterocycles. The molecule has 29 heavy (non-hydrogen) atoms. The summed E-state index contributed by atoms with van der Waals surface area (Å²) in [6, 6.07) is 16.6. The van der Waals surface area contributed by atoms with Gasteiger partial charge in [-0.25, -0.2) is 0 Å². The molecule has 0 fully saturated rings. The molecule has 148 valence electrons. The third-order valence-electron chi connectivity index (χ3n) is 5.21. The van der Waals surface area contributed by atoms with Crippen LogP contribution < -0.4 is 14.2 Å². The van der Waals surface area contributed by atoms with Gasteiger partial charge in [-0.15, -0.1) is 0 Å². The first-order chi connectivity index (χ1) is 14.0. The van der Waals surface area contributed by atoms with E-state index in [-0.39, 0.29) is 11.5 Å². The van der Waals surface area contributed by atoms with Gasteiger partial charge in [0.25, 0.3) is 0 Å². The predicted octanol–water partition coefficient (Wildman–Crippen LogP) is 4.77. The number of rotatable bonds is 4. The fourth-order valence-electron chi connectivity index (χ4n) is 3.68. The first-order valence-corrected chi connectivity index (χ1v) is 9.24. The number of hydrogen-bond acceptors (Lipinski definition) is 5. The minimum absolute atomic E-state index is 0.155. The van der Waals surface area contributed by atoms with Gasteiger partial charge in [-0.3, -0.25) is 0 Å². The molecule has 0 bridgehead atoms. The Morgan fingerprint density at radius 3 is 2.21 bits per heavy atom. The maximum atomic E-state index is 10.0. The third-order valence-corrected chi connectivity index (χ3v) is 5.21. The van der Waals surface area contributed by atoms with Crippen molar-refractivity contribution in [2.45, 2.75) is 6.92 Å². The largest absolute Gasteiger partial charge is 0.504 e. The summed E-state index contributed by atoms with van der Waals surface area (Å²) in [6.45, 7) is 2.30. The highest BCUT2D eigenvalue weighted by Gasteiger charge is 2.26. The number of benzene rings is 3. The van der Waals surface area contributed by atoms with Crippen LogP contribution in [0.15, 0.2) is 54.6 Å². The van der Waals surface area contributed by atoms with Crippen LogP contribution in [-0.2, 0) is 0 Å². The van der Waals surface area contributed by atoms with E-state index in [4.69, 9.17) is 14.2 Å². The summed E-state index contributed by atoms with van der Waals surface area (Å²) in [5.74, 6) is 2.00. The Labute approximate surface area is 169 Å². The Balaban J connectivity index is 1.98. The lowest BCUT2D eigenvalue weighted by Gasteiger charge is -2.27. The number of methoxy groups -OCH3 is 2. The van der Waals surface area contributed by atoms with Crippen molar-refractivity contribution in [3.05, 3.63) is 76.9 Å². The summed E-state index contributed by atoms with van der Waals surface area (Å²) in [7, 11) is 3.28. The van der Waals surface area contributed by atoms with E-state index in [2.05, 4.69) is 0 Å². The maximum absolute atomic E-state index is 10.0. The molecule has 5 nitrogen and oxygen atoms in total. The molecule has 1 heterocycles. The second kappa shape index (κ2) is 7.43. The van der Waals surface area contributed by atoms with E-state index < -0.39 is 0 Å². The van der Waals surface area contributed by atoms with Gasteiger partial charge in [0, 0.05) is 16.7 Å². The first-order valence-electron chi connectivity index (χ1n) is 9.24. The van der Waals surface area contributed by atoms with Crippen LogP contribution in [0.2, 0.25) is 0 Å². The zero-order chi connectivity index (χ0) is 20.5. The van der Waals surface area contributed by atoms with Gasteiger partial charge in [-0.2, -0.15) is 0 Å². The highest BCUT2D eigenvalue weighted by atomic mass is 16.5. The number of phenols is 2. The quantitative estimate of drug-likeness (QED) is 0.628. The fourth-order valence-corrected chi connectivity index (χ4v) is 3.68. The van der Waals surface area contributed by atoms with Gasteiger partial charge in [0.1, 0.15) is 23.9 Å². The highest BCUT2D eigenvalue weighted by Crippen LogP contribution is 2.45. The molecule has 0 spiro atoms. The smallest absolute Gasteiger partial charge is 0.158 e. The Kier molecular flexibility index (Phi) is 4.80. The fraction of sp³-hybridized carbons (Fsp3) is 0.167. The van der Waals surface area contributed by atoms with E-state index in [9.17, 15) is 10.2 Å². The Morgan fingerprint density at radius 1 is 0.828 bits per heavy atom. The lowest BCUT2D eigenvalue weighted by atomic mass is 9.86. The molecular formula is C24H22O5. The molecule has 0 radical (unpaired) electrons. The van der Waals surface area contributed by atoms with Crippen LogP contribution in [0.25, 0.3) is 11.1 Å². The van der Waals surface area contributed by atoms with Crippen LogP contribution in [0.3, 0.4) is 0 Å². The minimum atomic E-state index is -0.166. The second-order valence-electron chi connectivity index (χ2n) is 6.84. The van der Waals surface area contributed by atoms with Gasteiger partial charge < -0.3 is 24.4 Å². The van der Waals surface area contributed by atoms with Gasteiger partial charge in [0.05, 0.1) is 14.2 Å². The molecular weight excluding hydrogens is 368 g/mol.